The lowest BCUT2D eigenvalue weighted by molar-refractivity contribution is -0.384. The van der Waals surface area contributed by atoms with E-state index in [4.69, 9.17) is 0 Å². The van der Waals surface area contributed by atoms with Crippen LogP contribution in [0.25, 0.3) is 0 Å². The van der Waals surface area contributed by atoms with Crippen LogP contribution in [-0.4, -0.2) is 37.0 Å². The number of carbonyl (C=O) groups excluding carboxylic acids is 2. The van der Waals surface area contributed by atoms with E-state index in [0.29, 0.717) is 11.3 Å². The van der Waals surface area contributed by atoms with Crippen molar-refractivity contribution in [2.75, 3.05) is 24.3 Å². The molecule has 30 heavy (non-hydrogen) atoms. The van der Waals surface area contributed by atoms with Gasteiger partial charge in [0, 0.05) is 44.3 Å². The zero-order valence-electron chi connectivity index (χ0n) is 17.4. The van der Waals surface area contributed by atoms with Crippen molar-refractivity contribution in [3.8, 4) is 0 Å². The summed E-state index contributed by atoms with van der Waals surface area (Å²) in [5.74, 6) is -0.695. The lowest BCUT2D eigenvalue weighted by Gasteiger charge is -2.12. The van der Waals surface area contributed by atoms with E-state index in [9.17, 15) is 19.7 Å². The molecule has 0 fully saturated rings. The number of nitro groups is 1. The van der Waals surface area contributed by atoms with Gasteiger partial charge >= 0.3 is 0 Å². The van der Waals surface area contributed by atoms with Crippen LogP contribution >= 0.6 is 0 Å². The third-order valence-corrected chi connectivity index (χ3v) is 4.33. The molecule has 2 aromatic rings. The van der Waals surface area contributed by atoms with Crippen molar-refractivity contribution in [2.45, 2.75) is 26.7 Å². The van der Waals surface area contributed by atoms with Crippen molar-refractivity contribution in [1.29, 1.82) is 0 Å². The molecule has 0 saturated carbocycles. The Morgan fingerprint density at radius 2 is 1.80 bits per heavy atom. The number of nitrogens with one attached hydrogen (secondary N) is 2. The Bertz CT molecular complexity index is 985. The van der Waals surface area contributed by atoms with Crippen molar-refractivity contribution >= 4 is 35.1 Å². The van der Waals surface area contributed by atoms with Crippen molar-refractivity contribution < 1.29 is 14.5 Å². The average Bonchev–Trinajstić information content (AvgIpc) is 2.69. The van der Waals surface area contributed by atoms with Crippen LogP contribution in [-0.2, 0) is 9.59 Å². The van der Waals surface area contributed by atoms with Gasteiger partial charge in [-0.2, -0.15) is 5.10 Å². The van der Waals surface area contributed by atoms with Crippen LogP contribution in [0.3, 0.4) is 0 Å². The Hall–Kier alpha value is -3.75. The molecule has 2 amide bonds. The average molecular weight is 411 g/mol. The van der Waals surface area contributed by atoms with Gasteiger partial charge in [-0.05, 0) is 37.1 Å². The minimum absolute atomic E-state index is 0.0116. The molecule has 0 heterocycles. The quantitative estimate of drug-likeness (QED) is 0.393. The number of benzene rings is 2. The summed E-state index contributed by atoms with van der Waals surface area (Å²) in [5.41, 5.74) is 5.91. The molecule has 0 radical (unpaired) electrons. The predicted molar refractivity (Wildman–Crippen MR) is 117 cm³/mol. The molecule has 0 aromatic heterocycles. The fourth-order valence-electron chi connectivity index (χ4n) is 2.69. The number of hydrogen-bond donors (Lipinski definition) is 2. The number of nitrogens with zero attached hydrogens (tertiary/aromatic N) is 3. The highest BCUT2D eigenvalue weighted by atomic mass is 16.6. The highest BCUT2D eigenvalue weighted by Crippen LogP contribution is 2.27. The summed E-state index contributed by atoms with van der Waals surface area (Å²) in [5, 5.41) is 17.8. The van der Waals surface area contributed by atoms with Gasteiger partial charge in [0.2, 0.25) is 11.8 Å². The summed E-state index contributed by atoms with van der Waals surface area (Å²) in [7, 11) is 3.43. The summed E-state index contributed by atoms with van der Waals surface area (Å²) in [4.78, 5) is 36.4. The van der Waals surface area contributed by atoms with E-state index in [1.807, 2.05) is 32.0 Å². The lowest BCUT2D eigenvalue weighted by Crippen LogP contribution is -2.21. The molecule has 0 aliphatic carbocycles. The topological polar surface area (TPSA) is 117 Å². The van der Waals surface area contributed by atoms with E-state index < -0.39 is 10.8 Å². The lowest BCUT2D eigenvalue weighted by atomic mass is 10.1. The van der Waals surface area contributed by atoms with Crippen LogP contribution in [0.2, 0.25) is 0 Å². The molecule has 0 aliphatic rings. The molecule has 0 bridgehead atoms. The third kappa shape index (κ3) is 6.40. The molecule has 2 N–H and O–H groups in total. The summed E-state index contributed by atoms with van der Waals surface area (Å²) in [6.07, 6.45) is 1.30. The number of hydrazone groups is 1. The maximum atomic E-state index is 12.1. The molecule has 0 unspecified atom stereocenters. The molecule has 9 heteroatoms. The Morgan fingerprint density at radius 3 is 2.47 bits per heavy atom. The standard InChI is InChI=1S/C21H25N5O4/c1-14-5-6-15(2)17(11-14)23-20(27)9-10-21(28)24-22-13-16-7-8-18(25(3)4)19(12-16)26(29)30/h5-8,11-13H,9-10H2,1-4H3,(H,23,27)(H,24,28). The normalized spacial score (nSPS) is 10.7. The first-order valence-electron chi connectivity index (χ1n) is 9.32. The molecular formula is C21H25N5O4. The minimum Gasteiger partial charge on any atom is -0.372 e. The second-order valence-electron chi connectivity index (χ2n) is 7.06. The first kappa shape index (κ1) is 22.5. The molecular weight excluding hydrogens is 386 g/mol. The number of aryl methyl sites for hydroxylation is 2. The zero-order valence-corrected chi connectivity index (χ0v) is 17.4. The van der Waals surface area contributed by atoms with Crippen molar-refractivity contribution in [2.24, 2.45) is 5.10 Å². The highest BCUT2D eigenvalue weighted by molar-refractivity contribution is 5.94. The van der Waals surface area contributed by atoms with E-state index in [2.05, 4.69) is 15.8 Å². The fraction of sp³-hybridized carbons (Fsp3) is 0.286. The maximum absolute atomic E-state index is 12.1. The van der Waals surface area contributed by atoms with E-state index in [0.717, 1.165) is 16.8 Å². The van der Waals surface area contributed by atoms with Crippen molar-refractivity contribution in [1.82, 2.24) is 5.43 Å². The van der Waals surface area contributed by atoms with E-state index >= 15 is 0 Å². The number of carbonyl (C=O) groups is 2. The zero-order chi connectivity index (χ0) is 22.3. The van der Waals surface area contributed by atoms with Gasteiger partial charge in [0.05, 0.1) is 11.1 Å². The van der Waals surface area contributed by atoms with E-state index in [-0.39, 0.29) is 24.4 Å². The molecule has 158 valence electrons. The fourth-order valence-corrected chi connectivity index (χ4v) is 2.69. The van der Waals surface area contributed by atoms with Gasteiger partial charge in [-0.1, -0.05) is 18.2 Å². The van der Waals surface area contributed by atoms with Gasteiger partial charge in [-0.25, -0.2) is 5.43 Å². The number of rotatable bonds is 8. The maximum Gasteiger partial charge on any atom is 0.293 e. The van der Waals surface area contributed by atoms with Gasteiger partial charge < -0.3 is 10.2 Å². The molecule has 9 nitrogen and oxygen atoms in total. The monoisotopic (exact) mass is 411 g/mol. The molecule has 2 aromatic carbocycles. The van der Waals surface area contributed by atoms with Gasteiger partial charge in [0.25, 0.3) is 5.69 Å². The minimum atomic E-state index is -0.472. The number of hydrogen-bond acceptors (Lipinski definition) is 6. The summed E-state index contributed by atoms with van der Waals surface area (Å²) in [6.45, 7) is 3.83. The van der Waals surface area contributed by atoms with Crippen LogP contribution in [0.1, 0.15) is 29.5 Å². The van der Waals surface area contributed by atoms with E-state index in [1.54, 1.807) is 31.1 Å². The molecule has 0 aliphatic heterocycles. The number of anilines is 2. The Balaban J connectivity index is 1.87. The van der Waals surface area contributed by atoms with Crippen LogP contribution in [0, 0.1) is 24.0 Å². The van der Waals surface area contributed by atoms with Gasteiger partial charge in [0.15, 0.2) is 0 Å². The largest absolute Gasteiger partial charge is 0.372 e. The predicted octanol–water partition coefficient (Wildman–Crippen LogP) is 3.15. The van der Waals surface area contributed by atoms with Crippen LogP contribution in [0.5, 0.6) is 0 Å². The SMILES string of the molecule is Cc1ccc(C)c(NC(=O)CCC(=O)NN=Cc2ccc(N(C)C)c([N+](=O)[O-])c2)c1. The van der Waals surface area contributed by atoms with Gasteiger partial charge in [-0.3, -0.25) is 19.7 Å². The van der Waals surface area contributed by atoms with Crippen LogP contribution in [0.4, 0.5) is 17.1 Å². The molecule has 0 saturated heterocycles. The van der Waals surface area contributed by atoms with Crippen LogP contribution in [0.15, 0.2) is 41.5 Å². The first-order valence-corrected chi connectivity index (χ1v) is 9.32. The number of amides is 2. The second-order valence-corrected chi connectivity index (χ2v) is 7.06. The van der Waals surface area contributed by atoms with Crippen molar-refractivity contribution in [3.05, 3.63) is 63.2 Å². The highest BCUT2D eigenvalue weighted by Gasteiger charge is 2.15. The Morgan fingerprint density at radius 1 is 1.10 bits per heavy atom. The summed E-state index contributed by atoms with van der Waals surface area (Å²) < 4.78 is 0. The first-order chi connectivity index (χ1) is 14.2. The van der Waals surface area contributed by atoms with E-state index in [1.165, 1.54) is 12.3 Å². The van der Waals surface area contributed by atoms with Gasteiger partial charge in [0.1, 0.15) is 5.69 Å². The Kier molecular flexibility index (Phi) is 7.62. The molecule has 2 rings (SSSR count). The van der Waals surface area contributed by atoms with Crippen molar-refractivity contribution in [3.63, 3.8) is 0 Å². The molecule has 0 atom stereocenters. The second kappa shape index (κ2) is 10.1. The van der Waals surface area contributed by atoms with Gasteiger partial charge in [-0.15, -0.1) is 0 Å². The smallest absolute Gasteiger partial charge is 0.293 e. The Labute approximate surface area is 174 Å². The van der Waals surface area contributed by atoms with Crippen LogP contribution < -0.4 is 15.6 Å². The summed E-state index contributed by atoms with van der Waals surface area (Å²) in [6, 6.07) is 10.4. The molecule has 0 spiro atoms. The summed E-state index contributed by atoms with van der Waals surface area (Å²) >= 11 is 0. The number of nitro benzene ring substituents is 1. The third-order valence-electron chi connectivity index (χ3n) is 4.33.